The van der Waals surface area contributed by atoms with E-state index in [4.69, 9.17) is 0 Å². The van der Waals surface area contributed by atoms with E-state index in [0.29, 0.717) is 0 Å². The minimum absolute atomic E-state index is 1.12. The maximum absolute atomic E-state index is 3.59. The molecule has 21 heavy (non-hydrogen) atoms. The van der Waals surface area contributed by atoms with Gasteiger partial charge < -0.3 is 0 Å². The Morgan fingerprint density at radius 1 is 0.619 bits per heavy atom. The van der Waals surface area contributed by atoms with Crippen molar-refractivity contribution in [3.63, 3.8) is 0 Å². The summed E-state index contributed by atoms with van der Waals surface area (Å²) in [7, 11) is 0. The molecule has 0 aliphatic heterocycles. The first kappa shape index (κ1) is 13.3. The standard InChI is InChI=1S/C19H12Br2/c1-11-8-15(21)10-13-3-5-17-16-7-4-14(20)9-12(16)2-6-18(17)19(11)13/h2-10H,1H3. The number of rotatable bonds is 0. The van der Waals surface area contributed by atoms with Crippen molar-refractivity contribution in [2.24, 2.45) is 0 Å². The van der Waals surface area contributed by atoms with Gasteiger partial charge >= 0.3 is 0 Å². The Labute approximate surface area is 140 Å². The summed E-state index contributed by atoms with van der Waals surface area (Å²) in [6, 6.07) is 19.8. The third-order valence-corrected chi connectivity index (χ3v) is 5.00. The van der Waals surface area contributed by atoms with Crippen molar-refractivity contribution in [1.82, 2.24) is 0 Å². The first-order chi connectivity index (χ1) is 10.1. The lowest BCUT2D eigenvalue weighted by atomic mass is 9.95. The molecule has 0 aromatic heterocycles. The lowest BCUT2D eigenvalue weighted by Gasteiger charge is -2.10. The Hall–Kier alpha value is -1.38. The summed E-state index contributed by atoms with van der Waals surface area (Å²) in [6.07, 6.45) is 0. The Morgan fingerprint density at radius 2 is 1.29 bits per heavy atom. The lowest BCUT2D eigenvalue weighted by Crippen LogP contribution is -1.84. The summed E-state index contributed by atoms with van der Waals surface area (Å²) in [4.78, 5) is 0. The number of benzene rings is 4. The molecule has 0 saturated heterocycles. The fourth-order valence-corrected chi connectivity index (χ4v) is 4.13. The fourth-order valence-electron chi connectivity index (χ4n) is 3.16. The molecule has 0 spiro atoms. The van der Waals surface area contributed by atoms with Crippen LogP contribution in [-0.4, -0.2) is 0 Å². The molecule has 4 rings (SSSR count). The number of hydrogen-bond acceptors (Lipinski definition) is 0. The van der Waals surface area contributed by atoms with Crippen molar-refractivity contribution in [1.29, 1.82) is 0 Å². The third-order valence-electron chi connectivity index (χ3n) is 4.05. The summed E-state index contributed by atoms with van der Waals surface area (Å²) in [5.41, 5.74) is 1.31. The van der Waals surface area contributed by atoms with Gasteiger partial charge in [-0.1, -0.05) is 62.2 Å². The molecule has 2 heteroatoms. The van der Waals surface area contributed by atoms with Gasteiger partial charge in [0, 0.05) is 8.95 Å². The van der Waals surface area contributed by atoms with Gasteiger partial charge in [0.1, 0.15) is 0 Å². The van der Waals surface area contributed by atoms with E-state index < -0.39 is 0 Å². The minimum Gasteiger partial charge on any atom is -0.0537 e. The van der Waals surface area contributed by atoms with Gasteiger partial charge in [0.25, 0.3) is 0 Å². The summed E-state index contributed by atoms with van der Waals surface area (Å²) in [5, 5.41) is 7.85. The SMILES string of the molecule is Cc1cc(Br)cc2ccc3c4ccc(Br)cc4ccc3c12. The van der Waals surface area contributed by atoms with Gasteiger partial charge in [-0.05, 0) is 69.1 Å². The van der Waals surface area contributed by atoms with Gasteiger partial charge in [-0.3, -0.25) is 0 Å². The van der Waals surface area contributed by atoms with Crippen molar-refractivity contribution in [3.8, 4) is 0 Å². The summed E-state index contributed by atoms with van der Waals surface area (Å²) >= 11 is 7.14. The third kappa shape index (κ3) is 2.09. The van der Waals surface area contributed by atoms with E-state index in [-0.39, 0.29) is 0 Å². The number of fused-ring (bicyclic) bond motifs is 5. The van der Waals surface area contributed by atoms with Crippen LogP contribution in [0.2, 0.25) is 0 Å². The monoisotopic (exact) mass is 398 g/mol. The van der Waals surface area contributed by atoms with Gasteiger partial charge in [-0.25, -0.2) is 0 Å². The van der Waals surface area contributed by atoms with Crippen LogP contribution in [0.25, 0.3) is 32.3 Å². The molecule has 0 fully saturated rings. The quantitative estimate of drug-likeness (QED) is 0.280. The maximum atomic E-state index is 3.59. The molecular formula is C19H12Br2. The molecule has 0 amide bonds. The summed E-state index contributed by atoms with van der Waals surface area (Å²) < 4.78 is 2.26. The van der Waals surface area contributed by atoms with E-state index in [1.165, 1.54) is 37.9 Å². The van der Waals surface area contributed by atoms with Crippen LogP contribution >= 0.6 is 31.9 Å². The van der Waals surface area contributed by atoms with Crippen LogP contribution in [0.1, 0.15) is 5.56 Å². The van der Waals surface area contributed by atoms with Gasteiger partial charge in [-0.15, -0.1) is 0 Å². The van der Waals surface area contributed by atoms with Crippen molar-refractivity contribution in [3.05, 3.63) is 69.1 Å². The number of halogens is 2. The fraction of sp³-hybridized carbons (Fsp3) is 0.0526. The maximum Gasteiger partial charge on any atom is 0.0184 e. The minimum atomic E-state index is 1.12. The lowest BCUT2D eigenvalue weighted by molar-refractivity contribution is 1.52. The van der Waals surface area contributed by atoms with E-state index in [1.807, 2.05) is 0 Å². The van der Waals surface area contributed by atoms with Crippen molar-refractivity contribution in [2.75, 3.05) is 0 Å². The highest BCUT2D eigenvalue weighted by atomic mass is 79.9. The molecule has 0 saturated carbocycles. The molecule has 0 bridgehead atoms. The average molecular weight is 400 g/mol. The summed E-state index contributed by atoms with van der Waals surface area (Å²) in [6.45, 7) is 2.18. The molecule has 0 aliphatic carbocycles. The Bertz CT molecular complexity index is 1020. The molecule has 0 atom stereocenters. The molecular weight excluding hydrogens is 388 g/mol. The van der Waals surface area contributed by atoms with Crippen LogP contribution in [0, 0.1) is 6.92 Å². The highest BCUT2D eigenvalue weighted by Gasteiger charge is 2.07. The Kier molecular flexibility index (Phi) is 3.05. The van der Waals surface area contributed by atoms with Crippen LogP contribution in [0.4, 0.5) is 0 Å². The molecule has 0 radical (unpaired) electrons. The van der Waals surface area contributed by atoms with Gasteiger partial charge in [-0.2, -0.15) is 0 Å². The van der Waals surface area contributed by atoms with Crippen LogP contribution in [0.5, 0.6) is 0 Å². The van der Waals surface area contributed by atoms with Gasteiger partial charge in [0.05, 0.1) is 0 Å². The second-order valence-corrected chi connectivity index (χ2v) is 7.24. The predicted octanol–water partition coefficient (Wildman–Crippen LogP) is 6.98. The van der Waals surface area contributed by atoms with Crippen LogP contribution in [-0.2, 0) is 0 Å². The van der Waals surface area contributed by atoms with Crippen LogP contribution in [0.15, 0.2) is 63.5 Å². The van der Waals surface area contributed by atoms with E-state index >= 15 is 0 Å². The topological polar surface area (TPSA) is 0 Å². The summed E-state index contributed by atoms with van der Waals surface area (Å²) in [5.74, 6) is 0. The second kappa shape index (κ2) is 4.82. The van der Waals surface area contributed by atoms with E-state index in [1.54, 1.807) is 0 Å². The highest BCUT2D eigenvalue weighted by molar-refractivity contribution is 9.10. The zero-order chi connectivity index (χ0) is 14.6. The molecule has 4 aromatic carbocycles. The van der Waals surface area contributed by atoms with Gasteiger partial charge in [0.15, 0.2) is 0 Å². The molecule has 0 nitrogen and oxygen atoms in total. The smallest absolute Gasteiger partial charge is 0.0184 e. The van der Waals surface area contributed by atoms with Crippen molar-refractivity contribution >= 4 is 64.2 Å². The molecule has 102 valence electrons. The van der Waals surface area contributed by atoms with Crippen LogP contribution in [0.3, 0.4) is 0 Å². The molecule has 4 aromatic rings. The van der Waals surface area contributed by atoms with E-state index in [9.17, 15) is 0 Å². The molecule has 0 N–H and O–H groups in total. The number of aryl methyl sites for hydroxylation is 1. The normalized spacial score (nSPS) is 11.6. The number of hydrogen-bond donors (Lipinski definition) is 0. The van der Waals surface area contributed by atoms with Gasteiger partial charge in [0.2, 0.25) is 0 Å². The van der Waals surface area contributed by atoms with Crippen LogP contribution < -0.4 is 0 Å². The first-order valence-corrected chi connectivity index (χ1v) is 8.43. The predicted molar refractivity (Wildman–Crippen MR) is 99.1 cm³/mol. The zero-order valence-electron chi connectivity index (χ0n) is 11.5. The highest BCUT2D eigenvalue weighted by Crippen LogP contribution is 2.35. The Morgan fingerprint density at radius 3 is 2.14 bits per heavy atom. The largest absolute Gasteiger partial charge is 0.0537 e. The molecule has 0 aliphatic rings. The molecule has 0 unspecified atom stereocenters. The first-order valence-electron chi connectivity index (χ1n) is 6.84. The van der Waals surface area contributed by atoms with E-state index in [0.717, 1.165) is 8.95 Å². The van der Waals surface area contributed by atoms with E-state index in [2.05, 4.69) is 93.4 Å². The average Bonchev–Trinajstić information content (AvgIpc) is 2.45. The zero-order valence-corrected chi connectivity index (χ0v) is 14.6. The Balaban J connectivity index is 2.24. The van der Waals surface area contributed by atoms with Crippen molar-refractivity contribution < 1.29 is 0 Å². The molecule has 0 heterocycles. The van der Waals surface area contributed by atoms with Crippen molar-refractivity contribution in [2.45, 2.75) is 6.92 Å². The second-order valence-electron chi connectivity index (χ2n) is 5.41.